The summed E-state index contributed by atoms with van der Waals surface area (Å²) in [6, 6.07) is 18.8. The predicted octanol–water partition coefficient (Wildman–Crippen LogP) is 3.77. The molecule has 3 aromatic carbocycles. The topological polar surface area (TPSA) is 90.3 Å². The third-order valence-electron chi connectivity index (χ3n) is 5.42. The lowest BCUT2D eigenvalue weighted by atomic mass is 10.1. The summed E-state index contributed by atoms with van der Waals surface area (Å²) in [7, 11) is -3.88. The van der Waals surface area contributed by atoms with Gasteiger partial charge in [-0.2, -0.15) is 5.26 Å². The molecule has 0 bridgehead atoms. The zero-order valence-electron chi connectivity index (χ0n) is 17.2. The zero-order valence-corrected chi connectivity index (χ0v) is 18.1. The molecule has 4 rings (SSSR count). The summed E-state index contributed by atoms with van der Waals surface area (Å²) in [6.07, 6.45) is 0.617. The fraction of sp³-hybridized carbons (Fsp3) is 0.167. The molecule has 8 heteroatoms. The number of nitriles is 1. The van der Waals surface area contributed by atoms with Gasteiger partial charge in [0, 0.05) is 23.7 Å². The quantitative estimate of drug-likeness (QED) is 0.642. The van der Waals surface area contributed by atoms with Gasteiger partial charge in [0.1, 0.15) is 5.82 Å². The Bertz CT molecular complexity index is 1350. The minimum Gasteiger partial charge on any atom is -0.348 e. The van der Waals surface area contributed by atoms with Gasteiger partial charge < -0.3 is 5.32 Å². The van der Waals surface area contributed by atoms with E-state index in [2.05, 4.69) is 5.32 Å². The lowest BCUT2D eigenvalue weighted by molar-refractivity contribution is 0.0950. The molecule has 3 aromatic rings. The molecule has 0 unspecified atom stereocenters. The van der Waals surface area contributed by atoms with Gasteiger partial charge in [-0.25, -0.2) is 12.8 Å². The molecule has 0 fully saturated rings. The van der Waals surface area contributed by atoms with E-state index in [-0.39, 0.29) is 34.2 Å². The standard InChI is InChI=1S/C24H20FN3O3S/c1-16-11-18-5-2-3-8-23(18)28(16)32(30,31)21-7-4-6-19(13-21)24(29)27-15-20-10-9-17(14-26)12-22(20)25/h2-10,12-13,16H,11,15H2,1H3,(H,27,29)/t16-/m0/s1. The molecular weight excluding hydrogens is 429 g/mol. The molecule has 0 saturated heterocycles. The van der Waals surface area contributed by atoms with Crippen molar-refractivity contribution in [2.45, 2.75) is 30.8 Å². The minimum absolute atomic E-state index is 0.0123. The van der Waals surface area contributed by atoms with E-state index in [0.717, 1.165) is 11.6 Å². The molecule has 6 nitrogen and oxygen atoms in total. The smallest absolute Gasteiger partial charge is 0.264 e. The highest BCUT2D eigenvalue weighted by Crippen LogP contribution is 2.36. The summed E-state index contributed by atoms with van der Waals surface area (Å²) in [5, 5.41) is 11.4. The normalized spacial score (nSPS) is 15.2. The third kappa shape index (κ3) is 3.95. The molecule has 0 spiro atoms. The third-order valence-corrected chi connectivity index (χ3v) is 7.34. The summed E-state index contributed by atoms with van der Waals surface area (Å²) in [6.45, 7) is 1.75. The van der Waals surface area contributed by atoms with Crippen LogP contribution in [0.2, 0.25) is 0 Å². The Kier molecular flexibility index (Phi) is 5.68. The molecule has 0 radical (unpaired) electrons. The van der Waals surface area contributed by atoms with Crippen molar-refractivity contribution >= 4 is 21.6 Å². The van der Waals surface area contributed by atoms with Crippen LogP contribution in [0, 0.1) is 17.1 Å². The van der Waals surface area contributed by atoms with Crippen LogP contribution in [0.15, 0.2) is 71.6 Å². The van der Waals surface area contributed by atoms with Crippen LogP contribution < -0.4 is 9.62 Å². The highest BCUT2D eigenvalue weighted by Gasteiger charge is 2.36. The number of sulfonamides is 1. The van der Waals surface area contributed by atoms with Crippen LogP contribution in [0.1, 0.15) is 34.0 Å². The summed E-state index contributed by atoms with van der Waals surface area (Å²) in [5.41, 5.74) is 2.17. The molecule has 1 atom stereocenters. The van der Waals surface area contributed by atoms with Crippen molar-refractivity contribution in [1.82, 2.24) is 5.32 Å². The van der Waals surface area contributed by atoms with Gasteiger partial charge in [0.25, 0.3) is 15.9 Å². The average molecular weight is 450 g/mol. The van der Waals surface area contributed by atoms with Gasteiger partial charge in [-0.05, 0) is 55.3 Å². The highest BCUT2D eigenvalue weighted by atomic mass is 32.2. The Hall–Kier alpha value is -3.70. The number of para-hydroxylation sites is 1. The van der Waals surface area contributed by atoms with Crippen LogP contribution in [0.4, 0.5) is 10.1 Å². The second kappa shape index (κ2) is 8.44. The first kappa shape index (κ1) is 21.5. The van der Waals surface area contributed by atoms with Gasteiger partial charge in [-0.15, -0.1) is 0 Å². The van der Waals surface area contributed by atoms with Crippen molar-refractivity contribution in [2.75, 3.05) is 4.31 Å². The predicted molar refractivity (Wildman–Crippen MR) is 118 cm³/mol. The van der Waals surface area contributed by atoms with Crippen molar-refractivity contribution in [2.24, 2.45) is 0 Å². The van der Waals surface area contributed by atoms with Crippen molar-refractivity contribution in [3.8, 4) is 6.07 Å². The Labute approximate surface area is 186 Å². The van der Waals surface area contributed by atoms with Crippen LogP contribution in [0.5, 0.6) is 0 Å². The van der Waals surface area contributed by atoms with E-state index < -0.39 is 21.7 Å². The van der Waals surface area contributed by atoms with Crippen molar-refractivity contribution in [3.05, 3.63) is 94.8 Å². The number of nitrogens with zero attached hydrogens (tertiary/aromatic N) is 2. The Morgan fingerprint density at radius 1 is 1.16 bits per heavy atom. The number of benzene rings is 3. The number of hydrogen-bond donors (Lipinski definition) is 1. The van der Waals surface area contributed by atoms with Gasteiger partial charge in [0.05, 0.1) is 22.2 Å². The summed E-state index contributed by atoms with van der Waals surface area (Å²) < 4.78 is 42.2. The number of hydrogen-bond acceptors (Lipinski definition) is 4. The Morgan fingerprint density at radius 2 is 1.94 bits per heavy atom. The lowest BCUT2D eigenvalue weighted by Crippen LogP contribution is -2.35. The van der Waals surface area contributed by atoms with Crippen LogP contribution in [-0.4, -0.2) is 20.4 Å². The van der Waals surface area contributed by atoms with E-state index in [1.54, 1.807) is 12.1 Å². The fourth-order valence-corrected chi connectivity index (χ4v) is 5.59. The molecule has 0 aromatic heterocycles. The Balaban J connectivity index is 1.56. The molecule has 1 amide bonds. The average Bonchev–Trinajstić information content (AvgIpc) is 3.14. The molecule has 1 aliphatic heterocycles. The van der Waals surface area contributed by atoms with Gasteiger partial charge in [-0.3, -0.25) is 9.10 Å². The van der Waals surface area contributed by atoms with E-state index in [0.29, 0.717) is 12.1 Å². The molecular formula is C24H20FN3O3S. The van der Waals surface area contributed by atoms with Gasteiger partial charge >= 0.3 is 0 Å². The van der Waals surface area contributed by atoms with Gasteiger partial charge in [-0.1, -0.05) is 30.3 Å². The maximum absolute atomic E-state index is 14.1. The lowest BCUT2D eigenvalue weighted by Gasteiger charge is -2.24. The summed E-state index contributed by atoms with van der Waals surface area (Å²) in [4.78, 5) is 12.6. The monoisotopic (exact) mass is 449 g/mol. The second-order valence-corrected chi connectivity index (χ2v) is 9.43. The number of rotatable bonds is 5. The Morgan fingerprint density at radius 3 is 2.69 bits per heavy atom. The molecule has 0 aliphatic carbocycles. The summed E-state index contributed by atoms with van der Waals surface area (Å²) in [5.74, 6) is -1.12. The number of halogens is 1. The largest absolute Gasteiger partial charge is 0.348 e. The van der Waals surface area contributed by atoms with Crippen LogP contribution >= 0.6 is 0 Å². The first-order valence-corrected chi connectivity index (χ1v) is 11.4. The van der Waals surface area contributed by atoms with E-state index in [1.165, 1.54) is 40.7 Å². The van der Waals surface area contributed by atoms with Crippen LogP contribution in [0.3, 0.4) is 0 Å². The molecule has 32 heavy (non-hydrogen) atoms. The van der Waals surface area contributed by atoms with Crippen molar-refractivity contribution < 1.29 is 17.6 Å². The minimum atomic E-state index is -3.88. The van der Waals surface area contributed by atoms with Gasteiger partial charge in [0.2, 0.25) is 0 Å². The SMILES string of the molecule is C[C@H]1Cc2ccccc2N1S(=O)(=O)c1cccc(C(=O)NCc2ccc(C#N)cc2F)c1. The number of carbonyl (C=O) groups is 1. The molecule has 162 valence electrons. The second-order valence-electron chi connectivity index (χ2n) is 7.61. The van der Waals surface area contributed by atoms with Crippen LogP contribution in [0.25, 0.3) is 0 Å². The van der Waals surface area contributed by atoms with E-state index in [9.17, 15) is 17.6 Å². The fourth-order valence-electron chi connectivity index (χ4n) is 3.85. The number of fused-ring (bicyclic) bond motifs is 1. The van der Waals surface area contributed by atoms with E-state index in [4.69, 9.17) is 5.26 Å². The van der Waals surface area contributed by atoms with Gasteiger partial charge in [0.15, 0.2) is 0 Å². The number of amides is 1. The molecule has 1 aliphatic rings. The molecule has 0 saturated carbocycles. The maximum Gasteiger partial charge on any atom is 0.264 e. The first-order chi connectivity index (χ1) is 15.3. The maximum atomic E-state index is 14.1. The molecule has 1 heterocycles. The first-order valence-electron chi connectivity index (χ1n) is 10.0. The number of nitrogens with one attached hydrogen (secondary N) is 1. The highest BCUT2D eigenvalue weighted by molar-refractivity contribution is 7.92. The van der Waals surface area contributed by atoms with Crippen LogP contribution in [-0.2, 0) is 23.0 Å². The molecule has 1 N–H and O–H groups in total. The van der Waals surface area contributed by atoms with Crippen molar-refractivity contribution in [1.29, 1.82) is 5.26 Å². The van der Waals surface area contributed by atoms with Crippen molar-refractivity contribution in [3.63, 3.8) is 0 Å². The van der Waals surface area contributed by atoms with E-state index >= 15 is 0 Å². The number of carbonyl (C=O) groups excluding carboxylic acids is 1. The van der Waals surface area contributed by atoms with E-state index in [1.807, 2.05) is 25.1 Å². The number of anilines is 1. The zero-order chi connectivity index (χ0) is 22.9. The summed E-state index contributed by atoms with van der Waals surface area (Å²) >= 11 is 0.